The van der Waals surface area contributed by atoms with Crippen LogP contribution in [0.3, 0.4) is 0 Å². The van der Waals surface area contributed by atoms with E-state index in [0.29, 0.717) is 42.8 Å². The maximum Gasteiger partial charge on any atom is 0.414 e. The summed E-state index contributed by atoms with van der Waals surface area (Å²) in [6.45, 7) is 3.59. The number of hydrogen-bond donors (Lipinski definition) is 4. The van der Waals surface area contributed by atoms with Crippen molar-refractivity contribution < 1.29 is 23.8 Å². The number of nitrogens with zero attached hydrogens (tertiary/aromatic N) is 3. The number of cyclic esters (lactones) is 1. The van der Waals surface area contributed by atoms with Crippen molar-refractivity contribution in [3.63, 3.8) is 0 Å². The molecule has 2 fully saturated rings. The summed E-state index contributed by atoms with van der Waals surface area (Å²) in [6.07, 6.45) is -1.05. The van der Waals surface area contributed by atoms with Gasteiger partial charge in [-0.05, 0) is 30.4 Å². The van der Waals surface area contributed by atoms with Crippen LogP contribution in [-0.4, -0.2) is 79.3 Å². The number of benzene rings is 1. The molecule has 0 radical (unpaired) electrons. The fourth-order valence-electron chi connectivity index (χ4n) is 3.20. The van der Waals surface area contributed by atoms with Gasteiger partial charge in [-0.25, -0.2) is 14.6 Å². The van der Waals surface area contributed by atoms with E-state index in [9.17, 15) is 14.0 Å². The molecule has 1 unspecified atom stereocenters. The van der Waals surface area contributed by atoms with Gasteiger partial charge >= 0.3 is 6.09 Å². The van der Waals surface area contributed by atoms with Crippen molar-refractivity contribution in [2.75, 3.05) is 55.8 Å². The SMILES string of the molecule is CC(=O)NCC1CN(c2ccc(N3CCN(C(=S)NCCO)NC3)c(F)c2)C(=O)O1. The summed E-state index contributed by atoms with van der Waals surface area (Å²) >= 11 is 5.23. The largest absolute Gasteiger partial charge is 0.442 e. The third-order valence-electron chi connectivity index (χ3n) is 4.72. The molecular weight excluding hydrogens is 415 g/mol. The Kier molecular flexibility index (Phi) is 7.24. The molecule has 0 bridgehead atoms. The molecule has 2 heterocycles. The van der Waals surface area contributed by atoms with Crippen molar-refractivity contribution in [2.24, 2.45) is 0 Å². The minimum absolute atomic E-state index is 0.0176. The summed E-state index contributed by atoms with van der Waals surface area (Å²) in [4.78, 5) is 26.3. The predicted molar refractivity (Wildman–Crippen MR) is 112 cm³/mol. The van der Waals surface area contributed by atoms with Crippen molar-refractivity contribution in [3.8, 4) is 0 Å². The zero-order chi connectivity index (χ0) is 21.7. The highest BCUT2D eigenvalue weighted by Gasteiger charge is 2.33. The maximum absolute atomic E-state index is 14.8. The second-order valence-corrected chi connectivity index (χ2v) is 7.26. The van der Waals surface area contributed by atoms with E-state index in [1.165, 1.54) is 17.9 Å². The summed E-state index contributed by atoms with van der Waals surface area (Å²) in [7, 11) is 0. The number of halogens is 1. The Morgan fingerprint density at radius 2 is 2.20 bits per heavy atom. The first-order chi connectivity index (χ1) is 14.4. The summed E-state index contributed by atoms with van der Waals surface area (Å²) in [5.41, 5.74) is 3.90. The lowest BCUT2D eigenvalue weighted by atomic mass is 10.2. The molecule has 10 nitrogen and oxygen atoms in total. The zero-order valence-corrected chi connectivity index (χ0v) is 17.4. The average Bonchev–Trinajstić information content (AvgIpc) is 3.11. The van der Waals surface area contributed by atoms with Crippen LogP contribution in [0.25, 0.3) is 0 Å². The summed E-state index contributed by atoms with van der Waals surface area (Å²) in [5, 5.41) is 16.6. The Bertz CT molecular complexity index is 805. The van der Waals surface area contributed by atoms with Crippen LogP contribution in [0.1, 0.15) is 6.92 Å². The highest BCUT2D eigenvalue weighted by Crippen LogP contribution is 2.28. The lowest BCUT2D eigenvalue weighted by Gasteiger charge is -2.38. The molecule has 1 atom stereocenters. The van der Waals surface area contributed by atoms with Crippen molar-refractivity contribution in [1.29, 1.82) is 0 Å². The van der Waals surface area contributed by atoms with Crippen molar-refractivity contribution in [1.82, 2.24) is 21.1 Å². The number of rotatable bonds is 6. The fraction of sp³-hybridized carbons (Fsp3) is 0.500. The normalized spacial score (nSPS) is 19.0. The molecule has 2 aliphatic heterocycles. The Morgan fingerprint density at radius 1 is 1.40 bits per heavy atom. The minimum Gasteiger partial charge on any atom is -0.442 e. The quantitative estimate of drug-likeness (QED) is 0.445. The lowest BCUT2D eigenvalue weighted by Crippen LogP contribution is -2.59. The van der Waals surface area contributed by atoms with Gasteiger partial charge in [0.2, 0.25) is 5.91 Å². The topological polar surface area (TPSA) is 109 Å². The van der Waals surface area contributed by atoms with E-state index in [4.69, 9.17) is 22.1 Å². The van der Waals surface area contributed by atoms with Crippen molar-refractivity contribution >= 4 is 40.7 Å². The molecule has 1 aromatic carbocycles. The highest BCUT2D eigenvalue weighted by atomic mass is 32.1. The van der Waals surface area contributed by atoms with E-state index >= 15 is 0 Å². The number of aliphatic hydroxyl groups excluding tert-OH is 1. The highest BCUT2D eigenvalue weighted by molar-refractivity contribution is 7.80. The Hall–Kier alpha value is -2.70. The molecule has 0 aliphatic carbocycles. The Morgan fingerprint density at radius 3 is 2.83 bits per heavy atom. The van der Waals surface area contributed by atoms with Crippen LogP contribution in [0.2, 0.25) is 0 Å². The molecule has 4 N–H and O–H groups in total. The van der Waals surface area contributed by atoms with E-state index in [-0.39, 0.29) is 25.6 Å². The molecule has 0 spiro atoms. The summed E-state index contributed by atoms with van der Waals surface area (Å²) < 4.78 is 20.0. The smallest absolute Gasteiger partial charge is 0.414 e. The van der Waals surface area contributed by atoms with Crippen LogP contribution in [0, 0.1) is 5.82 Å². The van der Waals surface area contributed by atoms with E-state index in [1.807, 2.05) is 4.90 Å². The van der Waals surface area contributed by atoms with Crippen LogP contribution < -0.4 is 25.9 Å². The number of carbonyl (C=O) groups is 2. The average molecular weight is 441 g/mol. The maximum atomic E-state index is 14.8. The van der Waals surface area contributed by atoms with E-state index in [1.54, 1.807) is 17.1 Å². The van der Waals surface area contributed by atoms with Gasteiger partial charge in [0, 0.05) is 20.0 Å². The molecule has 30 heavy (non-hydrogen) atoms. The molecule has 2 amide bonds. The van der Waals surface area contributed by atoms with E-state index in [0.717, 1.165) is 0 Å². The molecule has 0 saturated carbocycles. The van der Waals surface area contributed by atoms with Crippen molar-refractivity contribution in [2.45, 2.75) is 13.0 Å². The Balaban J connectivity index is 1.59. The summed E-state index contributed by atoms with van der Waals surface area (Å²) in [5.74, 6) is -0.666. The van der Waals surface area contributed by atoms with Gasteiger partial charge in [0.25, 0.3) is 0 Å². The first kappa shape index (κ1) is 22.0. The Labute approximate surface area is 178 Å². The van der Waals surface area contributed by atoms with Gasteiger partial charge in [-0.1, -0.05) is 0 Å². The van der Waals surface area contributed by atoms with Gasteiger partial charge in [-0.15, -0.1) is 0 Å². The van der Waals surface area contributed by atoms with Gasteiger partial charge < -0.3 is 25.4 Å². The number of ether oxygens (including phenoxy) is 1. The molecule has 164 valence electrons. The van der Waals surface area contributed by atoms with Gasteiger partial charge in [0.15, 0.2) is 5.11 Å². The number of aliphatic hydroxyl groups is 1. The number of carbonyl (C=O) groups excluding carboxylic acids is 2. The third-order valence-corrected chi connectivity index (χ3v) is 5.08. The summed E-state index contributed by atoms with van der Waals surface area (Å²) in [6, 6.07) is 4.59. The van der Waals surface area contributed by atoms with Crippen LogP contribution >= 0.6 is 12.2 Å². The minimum atomic E-state index is -0.573. The number of anilines is 2. The second kappa shape index (κ2) is 9.87. The zero-order valence-electron chi connectivity index (χ0n) is 16.6. The van der Waals surface area contributed by atoms with Gasteiger partial charge in [-0.3, -0.25) is 14.7 Å². The van der Waals surface area contributed by atoms with Crippen LogP contribution in [-0.2, 0) is 9.53 Å². The fourth-order valence-corrected chi connectivity index (χ4v) is 3.46. The number of nitrogens with one attached hydrogen (secondary N) is 3. The number of thiocarbonyl (C=S) groups is 1. The first-order valence-corrected chi connectivity index (χ1v) is 9.96. The molecule has 2 saturated heterocycles. The van der Waals surface area contributed by atoms with E-state index in [2.05, 4.69) is 16.1 Å². The van der Waals surface area contributed by atoms with Gasteiger partial charge in [-0.2, -0.15) is 0 Å². The molecule has 1 aromatic rings. The molecule has 2 aliphatic rings. The third kappa shape index (κ3) is 5.26. The monoisotopic (exact) mass is 440 g/mol. The first-order valence-electron chi connectivity index (χ1n) is 9.56. The predicted octanol–water partition coefficient (Wildman–Crippen LogP) is -0.262. The van der Waals surface area contributed by atoms with Crippen molar-refractivity contribution in [3.05, 3.63) is 24.0 Å². The molecule has 0 aromatic heterocycles. The van der Waals surface area contributed by atoms with Gasteiger partial charge in [0.05, 0.1) is 44.3 Å². The van der Waals surface area contributed by atoms with Gasteiger partial charge in [0.1, 0.15) is 11.9 Å². The van der Waals surface area contributed by atoms with Crippen LogP contribution in [0.15, 0.2) is 18.2 Å². The number of hydrazine groups is 1. The van der Waals surface area contributed by atoms with Crippen LogP contribution in [0.4, 0.5) is 20.6 Å². The number of amides is 2. The molecular formula is C18H25FN6O4S. The number of hydrogen-bond acceptors (Lipinski definition) is 7. The molecule has 3 rings (SSSR count). The molecule has 12 heteroatoms. The van der Waals surface area contributed by atoms with Crippen LogP contribution in [0.5, 0.6) is 0 Å². The van der Waals surface area contributed by atoms with E-state index < -0.39 is 18.0 Å². The second-order valence-electron chi connectivity index (χ2n) is 6.88. The standard InChI is InChI=1S/C18H25FN6O4S/c1-12(27)21-9-14-10-24(18(28)29-14)13-2-3-16(15(19)8-13)23-5-6-25(22-11-23)17(30)20-4-7-26/h2-3,8,14,22,26H,4-7,9-11H2,1H3,(H,20,30)(H,21,27). The lowest BCUT2D eigenvalue weighted by molar-refractivity contribution is -0.119.